The molecule has 6 heteroatoms. The highest BCUT2D eigenvalue weighted by Crippen LogP contribution is 2.18. The molecule has 2 amide bonds. The Morgan fingerprint density at radius 3 is 2.42 bits per heavy atom. The molecule has 0 aliphatic carbocycles. The van der Waals surface area contributed by atoms with Crippen molar-refractivity contribution >= 4 is 11.8 Å². The van der Waals surface area contributed by atoms with Gasteiger partial charge in [-0.2, -0.15) is 0 Å². The summed E-state index contributed by atoms with van der Waals surface area (Å²) in [7, 11) is 0. The van der Waals surface area contributed by atoms with E-state index in [4.69, 9.17) is 0 Å². The van der Waals surface area contributed by atoms with Crippen LogP contribution in [0.1, 0.15) is 43.7 Å². The van der Waals surface area contributed by atoms with Crippen molar-refractivity contribution in [3.63, 3.8) is 0 Å². The molecule has 1 aromatic rings. The second kappa shape index (κ2) is 8.64. The van der Waals surface area contributed by atoms with E-state index >= 15 is 0 Å². The number of nitrogens with zero attached hydrogens (tertiary/aromatic N) is 2. The number of carbonyl (C=O) groups excluding carboxylic acids is 2. The van der Waals surface area contributed by atoms with E-state index in [1.807, 2.05) is 12.1 Å². The molecule has 2 aliphatic rings. The number of rotatable bonds is 5. The molecule has 0 spiro atoms. The van der Waals surface area contributed by atoms with Crippen molar-refractivity contribution in [2.24, 2.45) is 0 Å². The summed E-state index contributed by atoms with van der Waals surface area (Å²) >= 11 is 0. The Morgan fingerprint density at radius 2 is 1.77 bits per heavy atom. The molecular formula is C20H29N3O3. The number of hydrogen-bond donors (Lipinski definition) is 2. The van der Waals surface area contributed by atoms with Crippen molar-refractivity contribution in [3.05, 3.63) is 35.4 Å². The number of hydrogen-bond acceptors (Lipinski definition) is 4. The van der Waals surface area contributed by atoms with Crippen molar-refractivity contribution in [3.8, 4) is 0 Å². The van der Waals surface area contributed by atoms with E-state index in [0.29, 0.717) is 13.0 Å². The largest absolute Gasteiger partial charge is 0.391 e. The van der Waals surface area contributed by atoms with Crippen LogP contribution in [0.2, 0.25) is 0 Å². The van der Waals surface area contributed by atoms with E-state index < -0.39 is 12.1 Å². The first-order valence-electron chi connectivity index (χ1n) is 9.56. The first kappa shape index (κ1) is 18.9. The van der Waals surface area contributed by atoms with E-state index in [1.165, 1.54) is 49.7 Å². The average Bonchev–Trinajstić information content (AvgIpc) is 3.04. The standard InChI is InChI=1S/C20H29N3O3/c1-15(24)23-14-18(25)11-19(23)20(26)21-12-16-5-7-17(8-6-16)13-22-9-3-2-4-10-22/h5-8,18-19,25H,2-4,9-14H2,1H3,(H,21,26)/t18-,19+/m0/s1. The van der Waals surface area contributed by atoms with Gasteiger partial charge < -0.3 is 15.3 Å². The predicted molar refractivity (Wildman–Crippen MR) is 99.2 cm³/mol. The number of benzene rings is 1. The van der Waals surface area contributed by atoms with Crippen LogP contribution in [0.3, 0.4) is 0 Å². The molecule has 3 rings (SSSR count). The van der Waals surface area contributed by atoms with Gasteiger partial charge in [-0.3, -0.25) is 14.5 Å². The zero-order chi connectivity index (χ0) is 18.5. The third-order valence-electron chi connectivity index (χ3n) is 5.33. The Balaban J connectivity index is 1.49. The zero-order valence-corrected chi connectivity index (χ0v) is 15.5. The van der Waals surface area contributed by atoms with Crippen LogP contribution < -0.4 is 5.32 Å². The summed E-state index contributed by atoms with van der Waals surface area (Å²) in [6.45, 7) is 5.44. The molecule has 2 heterocycles. The summed E-state index contributed by atoms with van der Waals surface area (Å²) in [6.07, 6.45) is 3.60. The van der Waals surface area contributed by atoms with Gasteiger partial charge in [-0.15, -0.1) is 0 Å². The fraction of sp³-hybridized carbons (Fsp3) is 0.600. The fourth-order valence-electron chi connectivity index (χ4n) is 3.86. The number of piperidine rings is 1. The lowest BCUT2D eigenvalue weighted by atomic mass is 10.1. The van der Waals surface area contributed by atoms with E-state index in [-0.39, 0.29) is 18.4 Å². The summed E-state index contributed by atoms with van der Waals surface area (Å²) in [6, 6.07) is 7.77. The van der Waals surface area contributed by atoms with Crippen LogP contribution >= 0.6 is 0 Å². The van der Waals surface area contributed by atoms with Gasteiger partial charge in [0.1, 0.15) is 6.04 Å². The van der Waals surface area contributed by atoms with Gasteiger partial charge in [0.15, 0.2) is 0 Å². The Hall–Kier alpha value is -1.92. The number of likely N-dealkylation sites (tertiary alicyclic amines) is 2. The molecule has 0 aromatic heterocycles. The van der Waals surface area contributed by atoms with E-state index in [0.717, 1.165) is 12.1 Å². The molecule has 0 unspecified atom stereocenters. The zero-order valence-electron chi connectivity index (χ0n) is 15.5. The minimum Gasteiger partial charge on any atom is -0.391 e. The Bertz CT molecular complexity index is 626. The van der Waals surface area contributed by atoms with Crippen LogP contribution in [0.5, 0.6) is 0 Å². The number of carbonyl (C=O) groups is 2. The maximum Gasteiger partial charge on any atom is 0.243 e. The van der Waals surface area contributed by atoms with Gasteiger partial charge >= 0.3 is 0 Å². The maximum atomic E-state index is 12.4. The third-order valence-corrected chi connectivity index (χ3v) is 5.33. The summed E-state index contributed by atoms with van der Waals surface area (Å²) in [5, 5.41) is 12.6. The van der Waals surface area contributed by atoms with Gasteiger partial charge in [0, 0.05) is 33.0 Å². The first-order valence-corrected chi connectivity index (χ1v) is 9.56. The molecule has 2 N–H and O–H groups in total. The maximum absolute atomic E-state index is 12.4. The SMILES string of the molecule is CC(=O)N1C[C@@H](O)C[C@@H]1C(=O)NCc1ccc(CN2CCCCC2)cc1. The molecule has 2 saturated heterocycles. The van der Waals surface area contributed by atoms with Crippen LogP contribution in [0, 0.1) is 0 Å². The lowest BCUT2D eigenvalue weighted by Gasteiger charge is -2.26. The molecule has 1 aromatic carbocycles. The average molecular weight is 359 g/mol. The lowest BCUT2D eigenvalue weighted by Crippen LogP contribution is -2.44. The number of β-amino-alcohol motifs (C(OH)–C–C–N with tert-alkyl or cyclic N) is 1. The summed E-state index contributed by atoms with van der Waals surface area (Å²) in [5.74, 6) is -0.377. The van der Waals surface area contributed by atoms with Crippen molar-refractivity contribution in [1.29, 1.82) is 0 Å². The molecule has 0 bridgehead atoms. The van der Waals surface area contributed by atoms with Crippen LogP contribution in [0.25, 0.3) is 0 Å². The first-order chi connectivity index (χ1) is 12.5. The topological polar surface area (TPSA) is 72.9 Å². The van der Waals surface area contributed by atoms with Crippen LogP contribution in [0.4, 0.5) is 0 Å². The van der Waals surface area contributed by atoms with Gasteiger partial charge in [0.05, 0.1) is 6.10 Å². The van der Waals surface area contributed by atoms with E-state index in [9.17, 15) is 14.7 Å². The molecule has 6 nitrogen and oxygen atoms in total. The van der Waals surface area contributed by atoms with Crippen molar-refractivity contribution in [2.45, 2.75) is 57.8 Å². The van der Waals surface area contributed by atoms with E-state index in [2.05, 4.69) is 22.3 Å². The molecule has 2 atom stereocenters. The number of aliphatic hydroxyl groups excluding tert-OH is 1. The summed E-state index contributed by atoms with van der Waals surface area (Å²) in [4.78, 5) is 27.9. The second-order valence-electron chi connectivity index (χ2n) is 7.45. The number of amides is 2. The van der Waals surface area contributed by atoms with Crippen LogP contribution in [-0.2, 0) is 22.7 Å². The Morgan fingerprint density at radius 1 is 1.12 bits per heavy atom. The number of nitrogens with one attached hydrogen (secondary N) is 1. The monoisotopic (exact) mass is 359 g/mol. The van der Waals surface area contributed by atoms with Crippen LogP contribution in [0.15, 0.2) is 24.3 Å². The molecule has 26 heavy (non-hydrogen) atoms. The minimum absolute atomic E-state index is 0.177. The van der Waals surface area contributed by atoms with Gasteiger partial charge in [-0.25, -0.2) is 0 Å². The molecule has 0 saturated carbocycles. The third kappa shape index (κ3) is 4.83. The van der Waals surface area contributed by atoms with Gasteiger partial charge in [0.25, 0.3) is 0 Å². The Labute approximate surface area is 155 Å². The second-order valence-corrected chi connectivity index (χ2v) is 7.45. The predicted octanol–water partition coefficient (Wildman–Crippen LogP) is 1.27. The van der Waals surface area contributed by atoms with Crippen LogP contribution in [-0.4, -0.2) is 58.5 Å². The molecular weight excluding hydrogens is 330 g/mol. The molecule has 0 radical (unpaired) electrons. The van der Waals surface area contributed by atoms with Gasteiger partial charge in [-0.05, 0) is 37.1 Å². The van der Waals surface area contributed by atoms with Gasteiger partial charge in [-0.1, -0.05) is 30.7 Å². The quantitative estimate of drug-likeness (QED) is 0.830. The van der Waals surface area contributed by atoms with Crippen molar-refractivity contribution in [2.75, 3.05) is 19.6 Å². The highest BCUT2D eigenvalue weighted by molar-refractivity contribution is 5.87. The smallest absolute Gasteiger partial charge is 0.243 e. The minimum atomic E-state index is -0.622. The van der Waals surface area contributed by atoms with Crippen molar-refractivity contribution in [1.82, 2.24) is 15.1 Å². The van der Waals surface area contributed by atoms with Crippen molar-refractivity contribution < 1.29 is 14.7 Å². The highest BCUT2D eigenvalue weighted by Gasteiger charge is 2.37. The molecule has 2 fully saturated rings. The summed E-state index contributed by atoms with van der Waals surface area (Å²) < 4.78 is 0. The fourth-order valence-corrected chi connectivity index (χ4v) is 3.86. The Kier molecular flexibility index (Phi) is 6.27. The van der Waals surface area contributed by atoms with Gasteiger partial charge in [0.2, 0.25) is 11.8 Å². The molecule has 142 valence electrons. The summed E-state index contributed by atoms with van der Waals surface area (Å²) in [5.41, 5.74) is 2.33. The molecule has 2 aliphatic heterocycles. The van der Waals surface area contributed by atoms with E-state index in [1.54, 1.807) is 0 Å². The lowest BCUT2D eigenvalue weighted by molar-refractivity contribution is -0.137. The highest BCUT2D eigenvalue weighted by atomic mass is 16.3. The number of aliphatic hydroxyl groups is 1. The normalized spacial score (nSPS) is 23.8.